The minimum atomic E-state index is 0.185. The van der Waals surface area contributed by atoms with Gasteiger partial charge in [0, 0.05) is 12.5 Å². The fourth-order valence-electron chi connectivity index (χ4n) is 1.86. The van der Waals surface area contributed by atoms with Crippen LogP contribution in [0.2, 0.25) is 0 Å². The van der Waals surface area contributed by atoms with Crippen molar-refractivity contribution >= 4 is 0 Å². The second-order valence-electron chi connectivity index (χ2n) is 4.32. The van der Waals surface area contributed by atoms with Crippen LogP contribution in [0.15, 0.2) is 11.5 Å². The summed E-state index contributed by atoms with van der Waals surface area (Å²) in [5, 5.41) is 8.93. The van der Waals surface area contributed by atoms with Crippen LogP contribution in [0.4, 0.5) is 0 Å². The summed E-state index contributed by atoms with van der Waals surface area (Å²) < 4.78 is 5.65. The molecule has 0 aromatic rings. The Morgan fingerprint density at radius 2 is 1.93 bits per heavy atom. The van der Waals surface area contributed by atoms with Gasteiger partial charge in [0.25, 0.3) is 0 Å². The lowest BCUT2D eigenvalue weighted by atomic mass is 10.0. The monoisotopic (exact) mass is 199 g/mol. The summed E-state index contributed by atoms with van der Waals surface area (Å²) in [6.45, 7) is 10.1. The van der Waals surface area contributed by atoms with Crippen LogP contribution in [0, 0.1) is 11.8 Å². The highest BCUT2D eigenvalue weighted by molar-refractivity contribution is 5.15. The quantitative estimate of drug-likeness (QED) is 0.749. The molecular weight excluding hydrogens is 178 g/mol. The van der Waals surface area contributed by atoms with Gasteiger partial charge in [-0.3, -0.25) is 0 Å². The number of β-amino-alcohol motifs (C(OH)–C–C–N with tert-alkyl or cyclic N) is 1. The van der Waals surface area contributed by atoms with Crippen LogP contribution < -0.4 is 0 Å². The maximum Gasteiger partial charge on any atom is 0.161 e. The van der Waals surface area contributed by atoms with Gasteiger partial charge >= 0.3 is 0 Å². The standard InChI is InChI=1S/C11H21NO2/c1-8(2)10-11(9(3)4)14-7-12(10)5-6-13/h8-9,13H,5-7H2,1-4H3. The lowest BCUT2D eigenvalue weighted by Crippen LogP contribution is -2.26. The van der Waals surface area contributed by atoms with Gasteiger partial charge in [0.05, 0.1) is 12.3 Å². The zero-order valence-electron chi connectivity index (χ0n) is 9.58. The number of rotatable bonds is 4. The van der Waals surface area contributed by atoms with Crippen molar-refractivity contribution in [1.82, 2.24) is 4.90 Å². The van der Waals surface area contributed by atoms with E-state index in [-0.39, 0.29) is 6.61 Å². The van der Waals surface area contributed by atoms with E-state index in [2.05, 4.69) is 32.6 Å². The number of nitrogens with zero attached hydrogens (tertiary/aromatic N) is 1. The first-order valence-electron chi connectivity index (χ1n) is 5.30. The Bertz CT molecular complexity index is 221. The molecule has 1 rings (SSSR count). The zero-order valence-corrected chi connectivity index (χ0v) is 9.58. The maximum absolute atomic E-state index is 8.93. The Kier molecular flexibility index (Phi) is 3.81. The molecule has 1 heterocycles. The van der Waals surface area contributed by atoms with E-state index in [9.17, 15) is 0 Å². The number of allylic oxidation sites excluding steroid dienone is 2. The zero-order chi connectivity index (χ0) is 10.7. The van der Waals surface area contributed by atoms with Crippen molar-refractivity contribution in [3.8, 4) is 0 Å². The number of aliphatic hydroxyl groups is 1. The van der Waals surface area contributed by atoms with Gasteiger partial charge < -0.3 is 14.7 Å². The summed E-state index contributed by atoms with van der Waals surface area (Å²) in [4.78, 5) is 2.12. The minimum absolute atomic E-state index is 0.185. The van der Waals surface area contributed by atoms with Crippen molar-refractivity contribution in [2.24, 2.45) is 11.8 Å². The Morgan fingerprint density at radius 1 is 1.29 bits per heavy atom. The molecule has 82 valence electrons. The van der Waals surface area contributed by atoms with Gasteiger partial charge in [0.15, 0.2) is 6.73 Å². The average Bonchev–Trinajstić information content (AvgIpc) is 2.48. The molecule has 0 fully saturated rings. The van der Waals surface area contributed by atoms with Crippen LogP contribution in [0.1, 0.15) is 27.7 Å². The van der Waals surface area contributed by atoms with Crippen molar-refractivity contribution < 1.29 is 9.84 Å². The Morgan fingerprint density at radius 3 is 2.36 bits per heavy atom. The Balaban J connectivity index is 2.85. The molecule has 0 saturated heterocycles. The third-order valence-corrected chi connectivity index (χ3v) is 2.41. The molecule has 0 bridgehead atoms. The van der Waals surface area contributed by atoms with E-state index >= 15 is 0 Å². The largest absolute Gasteiger partial charge is 0.475 e. The molecule has 0 saturated carbocycles. The van der Waals surface area contributed by atoms with Gasteiger partial charge in [-0.25, -0.2) is 0 Å². The van der Waals surface area contributed by atoms with Crippen molar-refractivity contribution in [2.45, 2.75) is 27.7 Å². The Hall–Kier alpha value is -0.700. The molecule has 0 unspecified atom stereocenters. The number of hydrogen-bond donors (Lipinski definition) is 1. The van der Waals surface area contributed by atoms with E-state index in [0.29, 0.717) is 25.1 Å². The number of ether oxygens (including phenoxy) is 1. The lowest BCUT2D eigenvalue weighted by Gasteiger charge is -2.21. The van der Waals surface area contributed by atoms with Gasteiger partial charge in [0.2, 0.25) is 0 Å². The average molecular weight is 199 g/mol. The summed E-state index contributed by atoms with van der Waals surface area (Å²) in [6, 6.07) is 0. The van der Waals surface area contributed by atoms with Gasteiger partial charge in [0.1, 0.15) is 5.76 Å². The Labute approximate surface area is 86.4 Å². The predicted octanol–water partition coefficient (Wildman–Crippen LogP) is 1.79. The van der Waals surface area contributed by atoms with Crippen molar-refractivity contribution in [1.29, 1.82) is 0 Å². The summed E-state index contributed by atoms with van der Waals surface area (Å²) in [7, 11) is 0. The summed E-state index contributed by atoms with van der Waals surface area (Å²) in [5.41, 5.74) is 1.26. The highest BCUT2D eigenvalue weighted by Crippen LogP contribution is 2.30. The van der Waals surface area contributed by atoms with Crippen molar-refractivity contribution in [3.63, 3.8) is 0 Å². The fraction of sp³-hybridized carbons (Fsp3) is 0.818. The molecular formula is C11H21NO2. The van der Waals surface area contributed by atoms with E-state index in [1.165, 1.54) is 5.70 Å². The molecule has 1 N–H and O–H groups in total. The van der Waals surface area contributed by atoms with Gasteiger partial charge in [-0.05, 0) is 5.92 Å². The highest BCUT2D eigenvalue weighted by Gasteiger charge is 2.27. The second-order valence-corrected chi connectivity index (χ2v) is 4.32. The molecule has 0 aromatic heterocycles. The lowest BCUT2D eigenvalue weighted by molar-refractivity contribution is 0.118. The van der Waals surface area contributed by atoms with E-state index in [1.54, 1.807) is 0 Å². The smallest absolute Gasteiger partial charge is 0.161 e. The fourth-order valence-corrected chi connectivity index (χ4v) is 1.86. The first-order valence-corrected chi connectivity index (χ1v) is 5.30. The summed E-state index contributed by atoms with van der Waals surface area (Å²) in [6.07, 6.45) is 0. The van der Waals surface area contributed by atoms with E-state index in [0.717, 1.165) is 5.76 Å². The molecule has 0 spiro atoms. The van der Waals surface area contributed by atoms with Crippen molar-refractivity contribution in [3.05, 3.63) is 11.5 Å². The maximum atomic E-state index is 8.93. The molecule has 0 amide bonds. The SMILES string of the molecule is CC(C)C1=C(C(C)C)N(CCO)CO1. The third kappa shape index (κ3) is 2.21. The second kappa shape index (κ2) is 4.69. The van der Waals surface area contributed by atoms with E-state index in [1.807, 2.05) is 0 Å². The molecule has 0 aliphatic carbocycles. The molecule has 14 heavy (non-hydrogen) atoms. The molecule has 1 aliphatic heterocycles. The van der Waals surface area contributed by atoms with E-state index < -0.39 is 0 Å². The van der Waals surface area contributed by atoms with Crippen molar-refractivity contribution in [2.75, 3.05) is 19.9 Å². The third-order valence-electron chi connectivity index (χ3n) is 2.41. The summed E-state index contributed by atoms with van der Waals surface area (Å²) in [5.74, 6) is 1.98. The predicted molar refractivity (Wildman–Crippen MR) is 56.4 cm³/mol. The number of hydrogen-bond acceptors (Lipinski definition) is 3. The van der Waals surface area contributed by atoms with Gasteiger partial charge in [-0.1, -0.05) is 27.7 Å². The first-order chi connectivity index (χ1) is 6.57. The van der Waals surface area contributed by atoms with Crippen LogP contribution in [0.25, 0.3) is 0 Å². The summed E-state index contributed by atoms with van der Waals surface area (Å²) >= 11 is 0. The van der Waals surface area contributed by atoms with Gasteiger partial charge in [-0.15, -0.1) is 0 Å². The topological polar surface area (TPSA) is 32.7 Å². The molecule has 1 aliphatic rings. The van der Waals surface area contributed by atoms with Crippen LogP contribution in [-0.2, 0) is 4.74 Å². The molecule has 3 nitrogen and oxygen atoms in total. The number of aliphatic hydroxyl groups excluding tert-OH is 1. The van der Waals surface area contributed by atoms with Crippen LogP contribution in [0.3, 0.4) is 0 Å². The minimum Gasteiger partial charge on any atom is -0.475 e. The van der Waals surface area contributed by atoms with Crippen LogP contribution in [-0.4, -0.2) is 29.9 Å². The molecule has 0 atom stereocenters. The highest BCUT2D eigenvalue weighted by atomic mass is 16.5. The van der Waals surface area contributed by atoms with Crippen LogP contribution in [0.5, 0.6) is 0 Å². The molecule has 0 radical (unpaired) electrons. The molecule has 0 aromatic carbocycles. The first kappa shape index (κ1) is 11.4. The molecule has 3 heteroatoms. The van der Waals surface area contributed by atoms with Crippen LogP contribution >= 0.6 is 0 Å². The van der Waals surface area contributed by atoms with E-state index in [4.69, 9.17) is 9.84 Å². The van der Waals surface area contributed by atoms with Gasteiger partial charge in [-0.2, -0.15) is 0 Å². The normalized spacial score (nSPS) is 17.2.